The summed E-state index contributed by atoms with van der Waals surface area (Å²) >= 11 is 0. The first kappa shape index (κ1) is 11.0. The normalized spacial score (nSPS) is 17.4. The molecule has 0 unspecified atom stereocenters. The molecule has 1 aromatic rings. The average molecular weight is 222 g/mol. The predicted molar refractivity (Wildman–Crippen MR) is 58.5 cm³/mol. The van der Waals surface area contributed by atoms with Gasteiger partial charge in [0.05, 0.1) is 19.8 Å². The number of ether oxygens (including phenoxy) is 4. The topological polar surface area (TPSA) is 36.9 Å². The van der Waals surface area contributed by atoms with E-state index < -0.39 is 5.79 Å². The van der Waals surface area contributed by atoms with E-state index in [1.807, 2.05) is 18.2 Å². The van der Waals surface area contributed by atoms with Gasteiger partial charge in [-0.15, -0.1) is 0 Å². The summed E-state index contributed by atoms with van der Waals surface area (Å²) < 4.78 is 21.3. The summed E-state index contributed by atoms with van der Waals surface area (Å²) in [6, 6.07) is 5.45. The van der Waals surface area contributed by atoms with Crippen LogP contribution in [0.1, 0.15) is 5.56 Å². The molecule has 1 aliphatic heterocycles. The fourth-order valence-corrected chi connectivity index (χ4v) is 1.66. The molecule has 1 aliphatic rings. The highest BCUT2D eigenvalue weighted by Crippen LogP contribution is 2.42. The number of methoxy groups -OCH3 is 2. The van der Waals surface area contributed by atoms with Crippen molar-refractivity contribution >= 4 is 0 Å². The predicted octanol–water partition coefficient (Wildman–Crippen LogP) is 2.05. The Kier molecular flexibility index (Phi) is 2.85. The van der Waals surface area contributed by atoms with E-state index >= 15 is 0 Å². The van der Waals surface area contributed by atoms with Crippen molar-refractivity contribution in [3.8, 4) is 11.5 Å². The van der Waals surface area contributed by atoms with Crippen LogP contribution in [0.5, 0.6) is 11.5 Å². The summed E-state index contributed by atoms with van der Waals surface area (Å²) in [5.74, 6) is 0.497. The summed E-state index contributed by atoms with van der Waals surface area (Å²) in [4.78, 5) is 0. The highest BCUT2D eigenvalue weighted by molar-refractivity contribution is 5.45. The number of hydrogen-bond acceptors (Lipinski definition) is 4. The van der Waals surface area contributed by atoms with Gasteiger partial charge in [-0.25, -0.2) is 0 Å². The molecule has 4 nitrogen and oxygen atoms in total. The molecule has 86 valence electrons. The maximum atomic E-state index is 5.42. The van der Waals surface area contributed by atoms with Crippen LogP contribution in [0.4, 0.5) is 0 Å². The molecule has 0 aliphatic carbocycles. The fraction of sp³-hybridized carbons (Fsp3) is 0.333. The molecule has 1 aromatic carbocycles. The summed E-state index contributed by atoms with van der Waals surface area (Å²) in [5, 5.41) is 0. The maximum Gasteiger partial charge on any atom is 0.222 e. The van der Waals surface area contributed by atoms with Gasteiger partial charge in [0.2, 0.25) is 5.79 Å². The van der Waals surface area contributed by atoms with E-state index in [1.165, 1.54) is 0 Å². The van der Waals surface area contributed by atoms with E-state index in [1.54, 1.807) is 20.3 Å². The zero-order valence-electron chi connectivity index (χ0n) is 9.36. The Morgan fingerprint density at radius 3 is 2.50 bits per heavy atom. The molecule has 0 atom stereocenters. The minimum Gasteiger partial charge on any atom is -0.497 e. The molecule has 0 saturated carbocycles. The first-order valence-corrected chi connectivity index (χ1v) is 4.90. The number of benzene rings is 1. The fourth-order valence-electron chi connectivity index (χ4n) is 1.66. The maximum absolute atomic E-state index is 5.42. The molecule has 0 bridgehead atoms. The molecule has 0 radical (unpaired) electrons. The zero-order chi connectivity index (χ0) is 11.6. The Morgan fingerprint density at radius 2 is 2.06 bits per heavy atom. The van der Waals surface area contributed by atoms with Crippen LogP contribution in [-0.4, -0.2) is 21.0 Å². The van der Waals surface area contributed by atoms with Crippen LogP contribution >= 0.6 is 0 Å². The van der Waals surface area contributed by atoms with Gasteiger partial charge in [-0.05, 0) is 24.3 Å². The van der Waals surface area contributed by atoms with E-state index in [0.717, 1.165) is 11.3 Å². The monoisotopic (exact) mass is 222 g/mol. The lowest BCUT2D eigenvalue weighted by atomic mass is 10.0. The molecule has 1 saturated heterocycles. The van der Waals surface area contributed by atoms with E-state index in [4.69, 9.17) is 18.9 Å². The molecule has 0 aromatic heterocycles. The molecule has 0 N–H and O–H groups in total. The van der Waals surface area contributed by atoms with Crippen molar-refractivity contribution in [1.82, 2.24) is 0 Å². The van der Waals surface area contributed by atoms with Gasteiger partial charge in [-0.1, -0.05) is 6.58 Å². The van der Waals surface area contributed by atoms with E-state index in [-0.39, 0.29) is 6.79 Å². The van der Waals surface area contributed by atoms with Crippen LogP contribution in [0.15, 0.2) is 30.9 Å². The quantitative estimate of drug-likeness (QED) is 0.730. The van der Waals surface area contributed by atoms with Crippen molar-refractivity contribution in [3.63, 3.8) is 0 Å². The third-order valence-corrected chi connectivity index (χ3v) is 2.60. The van der Waals surface area contributed by atoms with Gasteiger partial charge in [0.15, 0.2) is 6.79 Å². The Hall–Kier alpha value is -1.52. The first-order valence-electron chi connectivity index (χ1n) is 4.90. The van der Waals surface area contributed by atoms with Crippen molar-refractivity contribution in [2.45, 2.75) is 5.79 Å². The van der Waals surface area contributed by atoms with Crippen LogP contribution in [0.25, 0.3) is 0 Å². The third kappa shape index (κ3) is 1.56. The number of rotatable bonds is 4. The lowest BCUT2D eigenvalue weighted by molar-refractivity contribution is -0.382. The van der Waals surface area contributed by atoms with Crippen molar-refractivity contribution in [2.24, 2.45) is 0 Å². The van der Waals surface area contributed by atoms with Crippen LogP contribution in [0.3, 0.4) is 0 Å². The minimum atomic E-state index is -0.903. The van der Waals surface area contributed by atoms with Gasteiger partial charge in [0.25, 0.3) is 0 Å². The molecule has 2 rings (SSSR count). The van der Waals surface area contributed by atoms with Crippen molar-refractivity contribution in [2.75, 3.05) is 21.0 Å². The van der Waals surface area contributed by atoms with E-state index in [9.17, 15) is 0 Å². The zero-order valence-corrected chi connectivity index (χ0v) is 9.36. The highest BCUT2D eigenvalue weighted by atomic mass is 16.9. The Bertz CT molecular complexity index is 396. The van der Waals surface area contributed by atoms with Crippen LogP contribution in [-0.2, 0) is 15.3 Å². The van der Waals surface area contributed by atoms with Crippen molar-refractivity contribution < 1.29 is 18.9 Å². The van der Waals surface area contributed by atoms with E-state index in [2.05, 4.69) is 6.58 Å². The van der Waals surface area contributed by atoms with Crippen molar-refractivity contribution in [1.29, 1.82) is 0 Å². The van der Waals surface area contributed by atoms with Gasteiger partial charge >= 0.3 is 0 Å². The van der Waals surface area contributed by atoms with Gasteiger partial charge in [0.1, 0.15) is 11.5 Å². The third-order valence-electron chi connectivity index (χ3n) is 2.60. The largest absolute Gasteiger partial charge is 0.497 e. The van der Waals surface area contributed by atoms with Crippen molar-refractivity contribution in [3.05, 3.63) is 36.4 Å². The van der Waals surface area contributed by atoms with Crippen LogP contribution in [0, 0.1) is 0 Å². The summed E-state index contributed by atoms with van der Waals surface area (Å²) in [7, 11) is 3.20. The average Bonchev–Trinajstić information content (AvgIpc) is 2.28. The molecule has 4 heteroatoms. The molecule has 0 spiro atoms. The second kappa shape index (κ2) is 4.15. The van der Waals surface area contributed by atoms with Gasteiger partial charge in [-0.3, -0.25) is 0 Å². The molecular weight excluding hydrogens is 208 g/mol. The second-order valence-electron chi connectivity index (χ2n) is 3.34. The Morgan fingerprint density at radius 1 is 1.31 bits per heavy atom. The minimum absolute atomic E-state index is 0.256. The molecular formula is C12H14O4. The first-order chi connectivity index (χ1) is 7.75. The van der Waals surface area contributed by atoms with Crippen LogP contribution < -0.4 is 9.47 Å². The smallest absolute Gasteiger partial charge is 0.222 e. The summed E-state index contributed by atoms with van der Waals surface area (Å²) in [5.41, 5.74) is 0.760. The lowest BCUT2D eigenvalue weighted by Gasteiger charge is -2.39. The highest BCUT2D eigenvalue weighted by Gasteiger charge is 2.41. The SMILES string of the molecule is C=CC1(c2cc(OC)ccc2OC)OCO1. The molecule has 1 heterocycles. The van der Waals surface area contributed by atoms with Gasteiger partial charge < -0.3 is 18.9 Å². The second-order valence-corrected chi connectivity index (χ2v) is 3.34. The molecule has 0 amide bonds. The lowest BCUT2D eigenvalue weighted by Crippen LogP contribution is -2.42. The Labute approximate surface area is 94.4 Å². The van der Waals surface area contributed by atoms with Gasteiger partial charge in [0, 0.05) is 0 Å². The number of hydrogen-bond donors (Lipinski definition) is 0. The molecule has 16 heavy (non-hydrogen) atoms. The van der Waals surface area contributed by atoms with Gasteiger partial charge in [-0.2, -0.15) is 0 Å². The summed E-state index contributed by atoms with van der Waals surface area (Å²) in [6.45, 7) is 3.97. The summed E-state index contributed by atoms with van der Waals surface area (Å²) in [6.07, 6.45) is 1.60. The standard InChI is InChI=1S/C12H14O4/c1-4-12(15-8-16-12)10-7-9(13-2)5-6-11(10)14-3/h4-7H,1,8H2,2-3H3. The van der Waals surface area contributed by atoms with Crippen LogP contribution in [0.2, 0.25) is 0 Å². The molecule has 1 fully saturated rings. The Balaban J connectivity index is 2.47. The van der Waals surface area contributed by atoms with E-state index in [0.29, 0.717) is 5.75 Å².